The van der Waals surface area contributed by atoms with E-state index < -0.39 is 0 Å². The number of aromatic nitrogens is 2. The van der Waals surface area contributed by atoms with E-state index in [0.29, 0.717) is 5.13 Å². The molecule has 0 unspecified atom stereocenters. The van der Waals surface area contributed by atoms with Gasteiger partial charge in [0.2, 0.25) is 0 Å². The maximum Gasteiger partial charge on any atom is 0.180 e. The number of rotatable bonds is 4. The lowest BCUT2D eigenvalue weighted by molar-refractivity contribution is 0.414. The number of nitrogens with two attached hydrogens (primary N) is 1. The summed E-state index contributed by atoms with van der Waals surface area (Å²) >= 11 is 3.10. The van der Waals surface area contributed by atoms with Crippen LogP contribution in [0.1, 0.15) is 10.6 Å². The molecule has 1 aromatic carbocycles. The molecule has 0 bridgehead atoms. The van der Waals surface area contributed by atoms with Crippen molar-refractivity contribution in [1.29, 1.82) is 0 Å². The summed E-state index contributed by atoms with van der Waals surface area (Å²) < 4.78 is 5.15. The van der Waals surface area contributed by atoms with Crippen LogP contribution in [0.25, 0.3) is 10.6 Å². The first-order valence-corrected chi connectivity index (χ1v) is 7.73. The van der Waals surface area contributed by atoms with Gasteiger partial charge in [-0.1, -0.05) is 12.1 Å². The Morgan fingerprint density at radius 2 is 2.05 bits per heavy atom. The maximum atomic E-state index is 5.65. The van der Waals surface area contributed by atoms with Gasteiger partial charge in [0.25, 0.3) is 0 Å². The van der Waals surface area contributed by atoms with Crippen molar-refractivity contribution in [3.8, 4) is 16.3 Å². The molecule has 0 spiro atoms. The SMILES string of the molecule is COc1ccc(Cc2ncc(-c3csc(N)n3)s2)cc1. The van der Waals surface area contributed by atoms with Crippen molar-refractivity contribution in [3.05, 3.63) is 46.4 Å². The molecule has 3 rings (SSSR count). The second-order valence-electron chi connectivity index (χ2n) is 4.21. The summed E-state index contributed by atoms with van der Waals surface area (Å²) in [7, 11) is 1.67. The fourth-order valence-corrected chi connectivity index (χ4v) is 3.38. The Morgan fingerprint density at radius 1 is 1.25 bits per heavy atom. The lowest BCUT2D eigenvalue weighted by atomic mass is 10.1. The standard InChI is InChI=1S/C14H13N3OS2/c1-18-10-4-2-9(3-5-10)6-13-16-7-12(20-13)11-8-19-14(15)17-11/h2-5,7-8H,6H2,1H3,(H2,15,17). The molecule has 6 heteroatoms. The molecule has 0 saturated heterocycles. The molecular formula is C14H13N3OS2. The molecule has 2 heterocycles. The number of hydrogen-bond acceptors (Lipinski definition) is 6. The highest BCUT2D eigenvalue weighted by molar-refractivity contribution is 7.16. The average molecular weight is 303 g/mol. The van der Waals surface area contributed by atoms with Gasteiger partial charge in [0.05, 0.1) is 22.7 Å². The fraction of sp³-hybridized carbons (Fsp3) is 0.143. The highest BCUT2D eigenvalue weighted by atomic mass is 32.1. The Morgan fingerprint density at radius 3 is 2.70 bits per heavy atom. The summed E-state index contributed by atoms with van der Waals surface area (Å²) in [5.74, 6) is 0.867. The summed E-state index contributed by atoms with van der Waals surface area (Å²) in [4.78, 5) is 9.78. The number of hydrogen-bond donors (Lipinski definition) is 1. The Hall–Kier alpha value is -1.92. The maximum absolute atomic E-state index is 5.65. The minimum atomic E-state index is 0.588. The van der Waals surface area contributed by atoms with E-state index >= 15 is 0 Å². The highest BCUT2D eigenvalue weighted by Crippen LogP contribution is 2.29. The van der Waals surface area contributed by atoms with Crippen molar-refractivity contribution in [1.82, 2.24) is 9.97 Å². The van der Waals surface area contributed by atoms with Crippen LogP contribution in [0.3, 0.4) is 0 Å². The Kier molecular flexibility index (Phi) is 3.66. The normalized spacial score (nSPS) is 10.7. The van der Waals surface area contributed by atoms with Gasteiger partial charge in [0.1, 0.15) is 5.75 Å². The molecule has 4 nitrogen and oxygen atoms in total. The Bertz CT molecular complexity index is 703. The predicted octanol–water partition coefficient (Wildman–Crippen LogP) is 3.45. The van der Waals surface area contributed by atoms with E-state index in [0.717, 1.165) is 27.7 Å². The van der Waals surface area contributed by atoms with Gasteiger partial charge < -0.3 is 10.5 Å². The predicted molar refractivity (Wildman–Crippen MR) is 83.4 cm³/mol. The lowest BCUT2D eigenvalue weighted by Gasteiger charge is -2.01. The molecule has 0 atom stereocenters. The summed E-state index contributed by atoms with van der Waals surface area (Å²) in [6.07, 6.45) is 2.67. The van der Waals surface area contributed by atoms with E-state index in [4.69, 9.17) is 10.5 Å². The van der Waals surface area contributed by atoms with Gasteiger partial charge >= 0.3 is 0 Å². The van der Waals surface area contributed by atoms with Crippen LogP contribution in [-0.4, -0.2) is 17.1 Å². The quantitative estimate of drug-likeness (QED) is 0.802. The van der Waals surface area contributed by atoms with E-state index in [1.807, 2.05) is 23.7 Å². The molecular weight excluding hydrogens is 290 g/mol. The van der Waals surface area contributed by atoms with Gasteiger partial charge in [-0.25, -0.2) is 9.97 Å². The zero-order valence-electron chi connectivity index (χ0n) is 10.9. The largest absolute Gasteiger partial charge is 0.497 e. The van der Waals surface area contributed by atoms with Crippen molar-refractivity contribution in [2.24, 2.45) is 0 Å². The molecule has 0 fully saturated rings. The molecule has 2 aromatic heterocycles. The molecule has 0 saturated carbocycles. The minimum Gasteiger partial charge on any atom is -0.497 e. The number of ether oxygens (including phenoxy) is 1. The van der Waals surface area contributed by atoms with Crippen molar-refractivity contribution in [3.63, 3.8) is 0 Å². The van der Waals surface area contributed by atoms with Crippen LogP contribution in [0.4, 0.5) is 5.13 Å². The number of nitrogen functional groups attached to an aromatic ring is 1. The van der Waals surface area contributed by atoms with Crippen molar-refractivity contribution < 1.29 is 4.74 Å². The second-order valence-corrected chi connectivity index (χ2v) is 6.22. The van der Waals surface area contributed by atoms with Crippen LogP contribution < -0.4 is 10.5 Å². The van der Waals surface area contributed by atoms with Gasteiger partial charge in [0, 0.05) is 18.0 Å². The summed E-state index contributed by atoms with van der Waals surface area (Å²) in [6, 6.07) is 8.04. The molecule has 2 N–H and O–H groups in total. The summed E-state index contributed by atoms with van der Waals surface area (Å²) in [5.41, 5.74) is 7.77. The van der Waals surface area contributed by atoms with Crippen LogP contribution in [0.2, 0.25) is 0 Å². The molecule has 0 radical (unpaired) electrons. The summed E-state index contributed by atoms with van der Waals surface area (Å²) in [6.45, 7) is 0. The van der Waals surface area contributed by atoms with E-state index in [2.05, 4.69) is 22.1 Å². The molecule has 102 valence electrons. The smallest absolute Gasteiger partial charge is 0.180 e. The van der Waals surface area contributed by atoms with E-state index in [1.165, 1.54) is 16.9 Å². The molecule has 20 heavy (non-hydrogen) atoms. The third kappa shape index (κ3) is 2.81. The van der Waals surface area contributed by atoms with Gasteiger partial charge in [-0.3, -0.25) is 0 Å². The van der Waals surface area contributed by atoms with Crippen LogP contribution in [0.15, 0.2) is 35.8 Å². The van der Waals surface area contributed by atoms with Crippen molar-refractivity contribution in [2.75, 3.05) is 12.8 Å². The number of benzene rings is 1. The molecule has 0 aliphatic heterocycles. The number of methoxy groups -OCH3 is 1. The topological polar surface area (TPSA) is 61.0 Å². The Labute approximate surface area is 124 Å². The van der Waals surface area contributed by atoms with E-state index in [9.17, 15) is 0 Å². The zero-order valence-corrected chi connectivity index (χ0v) is 12.5. The monoisotopic (exact) mass is 303 g/mol. The van der Waals surface area contributed by atoms with Crippen LogP contribution >= 0.6 is 22.7 Å². The van der Waals surface area contributed by atoms with Crippen LogP contribution in [0, 0.1) is 0 Å². The molecule has 3 aromatic rings. The minimum absolute atomic E-state index is 0.588. The highest BCUT2D eigenvalue weighted by Gasteiger charge is 2.08. The number of anilines is 1. The van der Waals surface area contributed by atoms with Gasteiger partial charge in [-0.05, 0) is 17.7 Å². The third-order valence-corrected chi connectivity index (χ3v) is 4.54. The first kappa shape index (κ1) is 13.1. The second kappa shape index (κ2) is 5.60. The summed E-state index contributed by atoms with van der Waals surface area (Å²) in [5, 5.41) is 3.61. The van der Waals surface area contributed by atoms with Gasteiger partial charge in [-0.15, -0.1) is 22.7 Å². The molecule has 0 amide bonds. The number of thiazole rings is 2. The average Bonchev–Trinajstić information content (AvgIpc) is 3.09. The first-order chi connectivity index (χ1) is 9.74. The van der Waals surface area contributed by atoms with E-state index in [1.54, 1.807) is 18.4 Å². The van der Waals surface area contributed by atoms with Crippen LogP contribution in [0.5, 0.6) is 5.75 Å². The lowest BCUT2D eigenvalue weighted by Crippen LogP contribution is -1.87. The third-order valence-electron chi connectivity index (χ3n) is 2.84. The van der Waals surface area contributed by atoms with Crippen molar-refractivity contribution in [2.45, 2.75) is 6.42 Å². The van der Waals surface area contributed by atoms with Crippen LogP contribution in [-0.2, 0) is 6.42 Å². The fourth-order valence-electron chi connectivity index (χ4n) is 1.83. The molecule has 0 aliphatic rings. The Balaban J connectivity index is 1.76. The molecule has 0 aliphatic carbocycles. The van der Waals surface area contributed by atoms with Gasteiger partial charge in [0.15, 0.2) is 5.13 Å². The zero-order chi connectivity index (χ0) is 13.9. The van der Waals surface area contributed by atoms with E-state index in [-0.39, 0.29) is 0 Å². The van der Waals surface area contributed by atoms with Gasteiger partial charge in [-0.2, -0.15) is 0 Å². The first-order valence-electron chi connectivity index (χ1n) is 6.03. The van der Waals surface area contributed by atoms with Crippen molar-refractivity contribution >= 4 is 27.8 Å². The number of nitrogens with zero attached hydrogens (tertiary/aromatic N) is 2.